The summed E-state index contributed by atoms with van der Waals surface area (Å²) in [6.07, 6.45) is 3.84. The summed E-state index contributed by atoms with van der Waals surface area (Å²) in [5.41, 5.74) is -0.124. The molecule has 1 aromatic rings. The molecule has 0 aliphatic carbocycles. The molecular weight excluding hydrogens is 308 g/mol. The van der Waals surface area contributed by atoms with Crippen LogP contribution in [0.25, 0.3) is 0 Å². The lowest BCUT2D eigenvalue weighted by Crippen LogP contribution is -2.40. The highest BCUT2D eigenvalue weighted by Gasteiger charge is 2.22. The average Bonchev–Trinajstić information content (AvgIpc) is 2.40. The van der Waals surface area contributed by atoms with Crippen LogP contribution in [0.5, 0.6) is 0 Å². The summed E-state index contributed by atoms with van der Waals surface area (Å²) in [5, 5.41) is 3.38. The second kappa shape index (κ2) is 6.52. The molecule has 2 N–H and O–H groups in total. The van der Waals surface area contributed by atoms with Crippen molar-refractivity contribution in [3.63, 3.8) is 0 Å². The van der Waals surface area contributed by atoms with Gasteiger partial charge in [-0.15, -0.1) is 0 Å². The van der Waals surface area contributed by atoms with E-state index in [1.54, 1.807) is 0 Å². The van der Waals surface area contributed by atoms with Crippen LogP contribution in [0, 0.1) is 5.92 Å². The highest BCUT2D eigenvalue weighted by molar-refractivity contribution is 9.10. The zero-order valence-corrected chi connectivity index (χ0v) is 13.0. The summed E-state index contributed by atoms with van der Waals surface area (Å²) in [5.74, 6) is 1.41. The number of aromatic nitrogens is 2. The van der Waals surface area contributed by atoms with Gasteiger partial charge in [-0.2, -0.15) is 0 Å². The van der Waals surface area contributed by atoms with Gasteiger partial charge in [0.05, 0.1) is 6.33 Å². The Morgan fingerprint density at radius 1 is 1.47 bits per heavy atom. The predicted octanol–water partition coefficient (Wildman–Crippen LogP) is 1.75. The Morgan fingerprint density at radius 2 is 2.16 bits per heavy atom. The average molecular weight is 329 g/mol. The van der Waals surface area contributed by atoms with Crippen molar-refractivity contribution in [3.05, 3.63) is 21.2 Å². The molecule has 0 unspecified atom stereocenters. The third kappa shape index (κ3) is 3.57. The van der Waals surface area contributed by atoms with Gasteiger partial charge in [0.2, 0.25) is 0 Å². The molecule has 0 saturated carbocycles. The van der Waals surface area contributed by atoms with Crippen LogP contribution in [0.2, 0.25) is 0 Å². The van der Waals surface area contributed by atoms with Crippen LogP contribution < -0.4 is 15.8 Å². The summed E-state index contributed by atoms with van der Waals surface area (Å²) in [4.78, 5) is 20.8. The van der Waals surface area contributed by atoms with E-state index < -0.39 is 0 Å². The Kier molecular flexibility index (Phi) is 4.99. The zero-order valence-electron chi connectivity index (χ0n) is 11.4. The van der Waals surface area contributed by atoms with Gasteiger partial charge in [0.15, 0.2) is 5.82 Å². The van der Waals surface area contributed by atoms with Crippen LogP contribution in [0.15, 0.2) is 15.6 Å². The van der Waals surface area contributed by atoms with Gasteiger partial charge in [-0.3, -0.25) is 4.79 Å². The number of anilines is 1. The number of hydrogen-bond donors (Lipinski definition) is 2. The molecule has 106 valence electrons. The molecule has 1 aliphatic heterocycles. The molecule has 1 aromatic heterocycles. The van der Waals surface area contributed by atoms with Gasteiger partial charge in [-0.25, -0.2) is 4.98 Å². The third-order valence-electron chi connectivity index (χ3n) is 3.59. The van der Waals surface area contributed by atoms with Crippen molar-refractivity contribution >= 4 is 21.7 Å². The first-order chi connectivity index (χ1) is 9.09. The molecule has 0 atom stereocenters. The van der Waals surface area contributed by atoms with Gasteiger partial charge >= 0.3 is 0 Å². The largest absolute Gasteiger partial charge is 0.353 e. The van der Waals surface area contributed by atoms with Crippen molar-refractivity contribution in [2.45, 2.75) is 32.7 Å². The van der Waals surface area contributed by atoms with Crippen LogP contribution >= 0.6 is 15.9 Å². The molecule has 0 spiro atoms. The quantitative estimate of drug-likeness (QED) is 0.883. The van der Waals surface area contributed by atoms with Crippen LogP contribution in [0.3, 0.4) is 0 Å². The van der Waals surface area contributed by atoms with Crippen molar-refractivity contribution in [2.75, 3.05) is 24.5 Å². The van der Waals surface area contributed by atoms with Crippen molar-refractivity contribution in [1.82, 2.24) is 15.3 Å². The second-order valence-corrected chi connectivity index (χ2v) is 6.10. The number of halogens is 1. The molecule has 0 radical (unpaired) electrons. The normalized spacial score (nSPS) is 16.8. The topological polar surface area (TPSA) is 61.0 Å². The number of hydrogen-bond acceptors (Lipinski definition) is 4. The maximum Gasteiger partial charge on any atom is 0.267 e. The SMILES string of the molecule is CC(C)N(CC1CCNCC1)c1nc[nH]c(=O)c1Br. The van der Waals surface area contributed by atoms with E-state index in [1.807, 2.05) is 0 Å². The predicted molar refractivity (Wildman–Crippen MR) is 80.6 cm³/mol. The molecule has 0 aromatic carbocycles. The first-order valence-corrected chi connectivity index (χ1v) is 7.59. The standard InChI is InChI=1S/C13H21BrN4O/c1-9(2)18(7-10-3-5-15-6-4-10)12-11(14)13(19)17-8-16-12/h8-10,15H,3-7H2,1-2H3,(H,16,17,19). The number of piperidine rings is 1. The molecule has 0 amide bonds. The summed E-state index contributed by atoms with van der Waals surface area (Å²) in [7, 11) is 0. The number of aromatic amines is 1. The van der Waals surface area contributed by atoms with Gasteiger partial charge in [-0.05, 0) is 61.6 Å². The molecule has 1 saturated heterocycles. The summed E-state index contributed by atoms with van der Waals surface area (Å²) >= 11 is 3.35. The van der Waals surface area contributed by atoms with E-state index in [0.717, 1.165) is 25.5 Å². The van der Waals surface area contributed by atoms with E-state index in [4.69, 9.17) is 0 Å². The first-order valence-electron chi connectivity index (χ1n) is 6.80. The Balaban J connectivity index is 2.19. The molecule has 1 aliphatic rings. The zero-order chi connectivity index (χ0) is 13.8. The number of nitrogens with zero attached hydrogens (tertiary/aromatic N) is 2. The van der Waals surface area contributed by atoms with Gasteiger partial charge in [0.25, 0.3) is 5.56 Å². The Labute approximate surface area is 121 Å². The van der Waals surface area contributed by atoms with Crippen molar-refractivity contribution in [2.24, 2.45) is 5.92 Å². The van der Waals surface area contributed by atoms with E-state index in [0.29, 0.717) is 16.4 Å². The van der Waals surface area contributed by atoms with Gasteiger partial charge in [-0.1, -0.05) is 0 Å². The second-order valence-electron chi connectivity index (χ2n) is 5.31. The number of nitrogens with one attached hydrogen (secondary N) is 2. The minimum absolute atomic E-state index is 0.124. The fraction of sp³-hybridized carbons (Fsp3) is 0.692. The van der Waals surface area contributed by atoms with Crippen LogP contribution in [0.1, 0.15) is 26.7 Å². The van der Waals surface area contributed by atoms with Gasteiger partial charge < -0.3 is 15.2 Å². The molecule has 2 heterocycles. The highest BCUT2D eigenvalue weighted by atomic mass is 79.9. The number of rotatable bonds is 4. The molecule has 0 bridgehead atoms. The summed E-state index contributed by atoms with van der Waals surface area (Å²) in [6, 6.07) is 0.320. The van der Waals surface area contributed by atoms with E-state index in [-0.39, 0.29) is 5.56 Å². The Bertz CT molecular complexity index is 468. The molecule has 19 heavy (non-hydrogen) atoms. The monoisotopic (exact) mass is 328 g/mol. The molecule has 6 heteroatoms. The van der Waals surface area contributed by atoms with Crippen LogP contribution in [0.4, 0.5) is 5.82 Å². The lowest BCUT2D eigenvalue weighted by Gasteiger charge is -2.33. The van der Waals surface area contributed by atoms with E-state index in [1.165, 1.54) is 19.2 Å². The highest BCUT2D eigenvalue weighted by Crippen LogP contribution is 2.24. The minimum Gasteiger partial charge on any atom is -0.353 e. The summed E-state index contributed by atoms with van der Waals surface area (Å²) in [6.45, 7) is 7.39. The van der Waals surface area contributed by atoms with E-state index in [2.05, 4.69) is 50.0 Å². The Hall–Kier alpha value is -0.880. The molecule has 5 nitrogen and oxygen atoms in total. The fourth-order valence-electron chi connectivity index (χ4n) is 2.46. The van der Waals surface area contributed by atoms with Crippen molar-refractivity contribution in [1.29, 1.82) is 0 Å². The molecule has 2 rings (SSSR count). The first kappa shape index (κ1) is 14.5. The van der Waals surface area contributed by atoms with Crippen LogP contribution in [-0.2, 0) is 0 Å². The molecular formula is C13H21BrN4O. The smallest absolute Gasteiger partial charge is 0.267 e. The summed E-state index contributed by atoms with van der Waals surface area (Å²) < 4.78 is 0.526. The van der Waals surface area contributed by atoms with E-state index in [9.17, 15) is 4.79 Å². The lowest BCUT2D eigenvalue weighted by atomic mass is 9.97. The number of H-pyrrole nitrogens is 1. The van der Waals surface area contributed by atoms with E-state index >= 15 is 0 Å². The maximum atomic E-state index is 11.7. The van der Waals surface area contributed by atoms with Crippen LogP contribution in [-0.4, -0.2) is 35.6 Å². The maximum absolute atomic E-state index is 11.7. The lowest BCUT2D eigenvalue weighted by molar-refractivity contribution is 0.366. The van der Waals surface area contributed by atoms with Gasteiger partial charge in [0.1, 0.15) is 4.47 Å². The fourth-order valence-corrected chi connectivity index (χ4v) is 2.90. The minimum atomic E-state index is -0.124. The molecule has 1 fully saturated rings. The van der Waals surface area contributed by atoms with Gasteiger partial charge in [0, 0.05) is 12.6 Å². The van der Waals surface area contributed by atoms with Crippen molar-refractivity contribution < 1.29 is 0 Å². The third-order valence-corrected chi connectivity index (χ3v) is 4.30. The van der Waals surface area contributed by atoms with Crippen molar-refractivity contribution in [3.8, 4) is 0 Å². The Morgan fingerprint density at radius 3 is 2.79 bits per heavy atom.